The van der Waals surface area contributed by atoms with E-state index in [-0.39, 0.29) is 0 Å². The summed E-state index contributed by atoms with van der Waals surface area (Å²) in [7, 11) is 3.00. The van der Waals surface area contributed by atoms with Gasteiger partial charge in [-0.15, -0.1) is 0 Å². The summed E-state index contributed by atoms with van der Waals surface area (Å²) in [5.74, 6) is 0.787. The molecule has 0 bridgehead atoms. The van der Waals surface area contributed by atoms with Crippen LogP contribution in [0.2, 0.25) is 0 Å². The Labute approximate surface area is 101 Å². The molecule has 0 radical (unpaired) electrons. The van der Waals surface area contributed by atoms with Crippen LogP contribution in [0.1, 0.15) is 24.5 Å². The van der Waals surface area contributed by atoms with E-state index in [9.17, 15) is 5.11 Å². The van der Waals surface area contributed by atoms with Gasteiger partial charge >= 0.3 is 0 Å². The third-order valence-corrected chi connectivity index (χ3v) is 2.75. The minimum absolute atomic E-state index is 0.350. The lowest BCUT2D eigenvalue weighted by atomic mass is 10.1. The van der Waals surface area contributed by atoms with Crippen LogP contribution in [0.3, 0.4) is 0 Å². The molecule has 94 valence electrons. The number of rotatable bonds is 6. The molecule has 0 amide bonds. The molecule has 0 aromatic heterocycles. The van der Waals surface area contributed by atoms with Crippen molar-refractivity contribution < 1.29 is 19.3 Å². The lowest BCUT2D eigenvalue weighted by Crippen LogP contribution is -2.22. The number of aliphatic hydroxyl groups is 1. The molecule has 0 aliphatic heterocycles. The van der Waals surface area contributed by atoms with Crippen LogP contribution >= 0.6 is 0 Å². The van der Waals surface area contributed by atoms with Crippen LogP contribution in [0.4, 0.5) is 0 Å². The second-order valence-electron chi connectivity index (χ2n) is 4.17. The number of hydrogen-bond acceptors (Lipinski definition) is 4. The molecule has 1 unspecified atom stereocenters. The molecule has 1 aliphatic carbocycles. The molecular weight excluding hydrogens is 220 g/mol. The Kier molecular flexibility index (Phi) is 3.99. The molecule has 0 heterocycles. The molecule has 1 saturated carbocycles. The van der Waals surface area contributed by atoms with Crippen LogP contribution in [-0.2, 0) is 9.47 Å². The molecule has 1 aliphatic rings. The topological polar surface area (TPSA) is 47.9 Å². The van der Waals surface area contributed by atoms with Gasteiger partial charge in [-0.1, -0.05) is 12.1 Å². The van der Waals surface area contributed by atoms with E-state index in [1.807, 2.05) is 24.3 Å². The highest BCUT2D eigenvalue weighted by Gasteiger charge is 2.24. The van der Waals surface area contributed by atoms with Crippen molar-refractivity contribution in [2.75, 3.05) is 14.2 Å². The zero-order chi connectivity index (χ0) is 12.3. The first-order chi connectivity index (χ1) is 8.24. The number of hydrogen-bond donors (Lipinski definition) is 1. The summed E-state index contributed by atoms with van der Waals surface area (Å²) >= 11 is 0. The number of ether oxygens (including phenoxy) is 3. The molecule has 0 spiro atoms. The Hall–Kier alpha value is -1.10. The summed E-state index contributed by atoms with van der Waals surface area (Å²) in [5.41, 5.74) is 0.733. The van der Waals surface area contributed by atoms with Crippen molar-refractivity contribution in [3.8, 4) is 5.75 Å². The quantitative estimate of drug-likeness (QED) is 0.769. The minimum atomic E-state index is -0.812. The summed E-state index contributed by atoms with van der Waals surface area (Å²) in [6.45, 7) is 0. The highest BCUT2D eigenvalue weighted by molar-refractivity contribution is 5.30. The highest BCUT2D eigenvalue weighted by atomic mass is 16.7. The second kappa shape index (κ2) is 5.49. The van der Waals surface area contributed by atoms with Crippen molar-refractivity contribution in [2.24, 2.45) is 0 Å². The maximum Gasteiger partial charge on any atom is 0.187 e. The zero-order valence-corrected chi connectivity index (χ0v) is 10.1. The molecule has 0 saturated heterocycles. The fourth-order valence-electron chi connectivity index (χ4n) is 1.66. The highest BCUT2D eigenvalue weighted by Crippen LogP contribution is 2.29. The molecule has 1 atom stereocenters. The maximum absolute atomic E-state index is 10.0. The first kappa shape index (κ1) is 12.4. The molecule has 2 rings (SSSR count). The van der Waals surface area contributed by atoms with Crippen molar-refractivity contribution in [1.29, 1.82) is 0 Å². The average molecular weight is 238 g/mol. The fourth-order valence-corrected chi connectivity index (χ4v) is 1.66. The molecular formula is C13H18O4. The van der Waals surface area contributed by atoms with Gasteiger partial charge < -0.3 is 19.3 Å². The predicted molar refractivity (Wildman–Crippen MR) is 62.9 cm³/mol. The van der Waals surface area contributed by atoms with E-state index >= 15 is 0 Å². The van der Waals surface area contributed by atoms with Crippen LogP contribution in [0.25, 0.3) is 0 Å². The Morgan fingerprint density at radius 3 is 2.53 bits per heavy atom. The van der Waals surface area contributed by atoms with Gasteiger partial charge in [-0.2, -0.15) is 0 Å². The number of methoxy groups -OCH3 is 2. The third-order valence-electron chi connectivity index (χ3n) is 2.75. The SMILES string of the molecule is COC(OC)C(O)c1cccc(OC2CC2)c1. The van der Waals surface area contributed by atoms with E-state index in [4.69, 9.17) is 14.2 Å². The van der Waals surface area contributed by atoms with Crippen molar-refractivity contribution in [2.45, 2.75) is 31.3 Å². The van der Waals surface area contributed by atoms with Crippen molar-refractivity contribution in [1.82, 2.24) is 0 Å². The number of benzene rings is 1. The van der Waals surface area contributed by atoms with E-state index in [0.29, 0.717) is 6.10 Å². The van der Waals surface area contributed by atoms with E-state index in [0.717, 1.165) is 24.2 Å². The van der Waals surface area contributed by atoms with Gasteiger partial charge in [-0.05, 0) is 30.5 Å². The Balaban J connectivity index is 2.07. The van der Waals surface area contributed by atoms with Gasteiger partial charge in [0, 0.05) is 14.2 Å². The molecule has 1 N–H and O–H groups in total. The van der Waals surface area contributed by atoms with E-state index < -0.39 is 12.4 Å². The van der Waals surface area contributed by atoms with Gasteiger partial charge in [-0.3, -0.25) is 0 Å². The molecule has 17 heavy (non-hydrogen) atoms. The first-order valence-corrected chi connectivity index (χ1v) is 5.75. The Morgan fingerprint density at radius 2 is 1.94 bits per heavy atom. The summed E-state index contributed by atoms with van der Waals surface area (Å²) in [6, 6.07) is 7.41. The molecule has 4 nitrogen and oxygen atoms in total. The predicted octanol–water partition coefficient (Wildman–Crippen LogP) is 1.88. The van der Waals surface area contributed by atoms with E-state index in [1.165, 1.54) is 14.2 Å². The standard InChI is InChI=1S/C13H18O4/c1-15-13(16-2)12(14)9-4-3-5-11(8-9)17-10-6-7-10/h3-5,8,10,12-14H,6-7H2,1-2H3. The lowest BCUT2D eigenvalue weighted by molar-refractivity contribution is -0.166. The van der Waals surface area contributed by atoms with Crippen LogP contribution in [0, 0.1) is 0 Å². The molecule has 1 fully saturated rings. The lowest BCUT2D eigenvalue weighted by Gasteiger charge is -2.20. The average Bonchev–Trinajstić information content (AvgIpc) is 3.15. The fraction of sp³-hybridized carbons (Fsp3) is 0.538. The van der Waals surface area contributed by atoms with Crippen LogP contribution in [0.15, 0.2) is 24.3 Å². The van der Waals surface area contributed by atoms with Crippen molar-refractivity contribution in [3.63, 3.8) is 0 Å². The van der Waals surface area contributed by atoms with Gasteiger partial charge in [-0.25, -0.2) is 0 Å². The van der Waals surface area contributed by atoms with Gasteiger partial charge in [0.2, 0.25) is 0 Å². The largest absolute Gasteiger partial charge is 0.490 e. The van der Waals surface area contributed by atoms with Crippen molar-refractivity contribution in [3.05, 3.63) is 29.8 Å². The van der Waals surface area contributed by atoms with Crippen LogP contribution < -0.4 is 4.74 Å². The smallest absolute Gasteiger partial charge is 0.187 e. The molecule has 1 aromatic rings. The van der Waals surface area contributed by atoms with Crippen molar-refractivity contribution >= 4 is 0 Å². The summed E-state index contributed by atoms with van der Waals surface area (Å²) < 4.78 is 15.7. The first-order valence-electron chi connectivity index (χ1n) is 5.75. The third kappa shape index (κ3) is 3.19. The van der Waals surface area contributed by atoms with E-state index in [1.54, 1.807) is 0 Å². The summed E-state index contributed by atoms with van der Waals surface area (Å²) in [4.78, 5) is 0. The summed E-state index contributed by atoms with van der Waals surface area (Å²) in [5, 5.41) is 10.0. The normalized spacial score (nSPS) is 17.2. The maximum atomic E-state index is 10.0. The van der Waals surface area contributed by atoms with Gasteiger partial charge in [0.1, 0.15) is 11.9 Å². The molecule has 4 heteroatoms. The van der Waals surface area contributed by atoms with Crippen LogP contribution in [-0.4, -0.2) is 31.7 Å². The van der Waals surface area contributed by atoms with E-state index in [2.05, 4.69) is 0 Å². The second-order valence-corrected chi connectivity index (χ2v) is 4.17. The Morgan fingerprint density at radius 1 is 1.24 bits per heavy atom. The minimum Gasteiger partial charge on any atom is -0.490 e. The van der Waals surface area contributed by atoms with Crippen LogP contribution in [0.5, 0.6) is 5.75 Å². The van der Waals surface area contributed by atoms with Gasteiger partial charge in [0.25, 0.3) is 0 Å². The number of aliphatic hydroxyl groups excluding tert-OH is 1. The molecule has 1 aromatic carbocycles. The van der Waals surface area contributed by atoms with Gasteiger partial charge in [0.15, 0.2) is 6.29 Å². The van der Waals surface area contributed by atoms with Gasteiger partial charge in [0.05, 0.1) is 6.10 Å². The summed E-state index contributed by atoms with van der Waals surface area (Å²) in [6.07, 6.45) is 1.11. The monoisotopic (exact) mass is 238 g/mol. The Bertz CT molecular complexity index is 358. The zero-order valence-electron chi connectivity index (χ0n) is 10.1.